The van der Waals surface area contributed by atoms with Crippen molar-refractivity contribution in [2.75, 3.05) is 5.43 Å². The minimum Gasteiger partial charge on any atom is -0.277 e. The number of aromatic nitrogens is 3. The van der Waals surface area contributed by atoms with Gasteiger partial charge in [0.25, 0.3) is 11.5 Å². The number of anilines is 1. The number of hydrogen-bond acceptors (Lipinski definition) is 6. The van der Waals surface area contributed by atoms with Crippen LogP contribution in [0.15, 0.2) is 53.3 Å². The highest BCUT2D eigenvalue weighted by Crippen LogP contribution is 2.28. The van der Waals surface area contributed by atoms with E-state index in [2.05, 4.69) is 20.8 Å². The fourth-order valence-corrected chi connectivity index (χ4v) is 4.14. The highest BCUT2D eigenvalue weighted by atomic mass is 35.5. The average Bonchev–Trinajstić information content (AvgIpc) is 3.14. The topological polar surface area (TPSA) is 88.9 Å². The zero-order valence-electron chi connectivity index (χ0n) is 16.3. The van der Waals surface area contributed by atoms with Gasteiger partial charge >= 0.3 is 0 Å². The molecule has 0 atom stereocenters. The Hall–Kier alpha value is -3.23. The second-order valence-electron chi connectivity index (χ2n) is 6.52. The molecule has 0 saturated carbocycles. The standard InChI is InChI=1S/C21H18ClN5O2S/c1-3-27-20(29)15-6-4-5-7-16(15)24-21(27)26-25-18(28)17-12(2)23-19(30-17)13-8-10-14(22)11-9-13/h4-11H,3H2,1-2H3,(H,24,26)(H,25,28). The first-order valence-corrected chi connectivity index (χ1v) is 10.5. The first kappa shape index (κ1) is 20.1. The van der Waals surface area contributed by atoms with Crippen molar-refractivity contribution in [2.45, 2.75) is 20.4 Å². The highest BCUT2D eigenvalue weighted by Gasteiger charge is 2.17. The maximum Gasteiger partial charge on any atom is 0.281 e. The number of rotatable bonds is 5. The third-order valence-corrected chi connectivity index (χ3v) is 6.02. The maximum absolute atomic E-state index is 12.7. The number of hydrogen-bond donors (Lipinski definition) is 2. The first-order valence-electron chi connectivity index (χ1n) is 9.27. The van der Waals surface area contributed by atoms with Crippen LogP contribution in [-0.2, 0) is 6.54 Å². The first-order chi connectivity index (χ1) is 14.5. The lowest BCUT2D eigenvalue weighted by molar-refractivity contribution is 0.0965. The Morgan fingerprint density at radius 3 is 2.60 bits per heavy atom. The van der Waals surface area contributed by atoms with Gasteiger partial charge in [-0.25, -0.2) is 9.97 Å². The van der Waals surface area contributed by atoms with Gasteiger partial charge in [-0.1, -0.05) is 35.9 Å². The third kappa shape index (κ3) is 3.79. The van der Waals surface area contributed by atoms with Crippen LogP contribution < -0.4 is 16.4 Å². The van der Waals surface area contributed by atoms with Gasteiger partial charge in [0, 0.05) is 17.1 Å². The zero-order chi connectivity index (χ0) is 21.3. The number of amides is 1. The molecule has 0 unspecified atom stereocenters. The number of carbonyl (C=O) groups excluding carboxylic acids is 1. The average molecular weight is 440 g/mol. The van der Waals surface area contributed by atoms with Crippen molar-refractivity contribution in [1.29, 1.82) is 0 Å². The van der Waals surface area contributed by atoms with Crippen molar-refractivity contribution in [3.05, 3.63) is 74.5 Å². The highest BCUT2D eigenvalue weighted by molar-refractivity contribution is 7.17. The van der Waals surface area contributed by atoms with Crippen LogP contribution in [0.1, 0.15) is 22.3 Å². The summed E-state index contributed by atoms with van der Waals surface area (Å²) in [7, 11) is 0. The largest absolute Gasteiger partial charge is 0.281 e. The number of nitrogens with zero attached hydrogens (tertiary/aromatic N) is 3. The zero-order valence-corrected chi connectivity index (χ0v) is 17.8. The molecule has 0 bridgehead atoms. The van der Waals surface area contributed by atoms with E-state index in [0.717, 1.165) is 10.6 Å². The van der Waals surface area contributed by atoms with Gasteiger partial charge in [0.1, 0.15) is 9.88 Å². The molecule has 2 heterocycles. The Balaban J connectivity index is 1.58. The molecule has 2 N–H and O–H groups in total. The normalized spacial score (nSPS) is 10.9. The fraction of sp³-hybridized carbons (Fsp3) is 0.143. The number of benzene rings is 2. The molecule has 2 aromatic heterocycles. The molecule has 4 rings (SSSR count). The lowest BCUT2D eigenvalue weighted by atomic mass is 10.2. The molecule has 1 amide bonds. The second-order valence-corrected chi connectivity index (χ2v) is 7.96. The second kappa shape index (κ2) is 8.25. The van der Waals surface area contributed by atoms with Gasteiger partial charge < -0.3 is 0 Å². The number of hydrazine groups is 1. The van der Waals surface area contributed by atoms with Crippen LogP contribution in [-0.4, -0.2) is 20.4 Å². The Morgan fingerprint density at radius 1 is 1.13 bits per heavy atom. The van der Waals surface area contributed by atoms with E-state index in [9.17, 15) is 9.59 Å². The van der Waals surface area contributed by atoms with Gasteiger partial charge in [-0.15, -0.1) is 11.3 Å². The van der Waals surface area contributed by atoms with E-state index in [-0.39, 0.29) is 17.4 Å². The van der Waals surface area contributed by atoms with Crippen LogP contribution in [0.4, 0.5) is 5.95 Å². The summed E-state index contributed by atoms with van der Waals surface area (Å²) in [6, 6.07) is 14.4. The fourth-order valence-electron chi connectivity index (χ4n) is 3.05. The number of thiazole rings is 1. The van der Waals surface area contributed by atoms with Gasteiger partial charge in [0.05, 0.1) is 16.6 Å². The molecule has 4 aromatic rings. The van der Waals surface area contributed by atoms with E-state index < -0.39 is 0 Å². The van der Waals surface area contributed by atoms with Crippen LogP contribution in [0.2, 0.25) is 5.02 Å². The summed E-state index contributed by atoms with van der Waals surface area (Å²) in [5.41, 5.74) is 7.32. The molecule has 9 heteroatoms. The number of halogens is 1. The molecular formula is C21H18ClN5O2S. The van der Waals surface area contributed by atoms with Crippen molar-refractivity contribution in [3.8, 4) is 10.6 Å². The number of nitrogens with one attached hydrogen (secondary N) is 2. The molecule has 0 radical (unpaired) electrons. The summed E-state index contributed by atoms with van der Waals surface area (Å²) in [6.45, 7) is 4.03. The van der Waals surface area contributed by atoms with Gasteiger partial charge in [0.2, 0.25) is 5.95 Å². The Bertz CT molecular complexity index is 1300. The molecule has 152 valence electrons. The molecule has 0 aliphatic carbocycles. The predicted octanol–water partition coefficient (Wildman–Crippen LogP) is 4.26. The minimum atomic E-state index is -0.352. The van der Waals surface area contributed by atoms with E-state index in [1.165, 1.54) is 15.9 Å². The summed E-state index contributed by atoms with van der Waals surface area (Å²) in [4.78, 5) is 34.9. The number of fused-ring (bicyclic) bond motifs is 1. The SMILES string of the molecule is CCn1c(NNC(=O)c2sc(-c3ccc(Cl)cc3)nc2C)nc2ccccc2c1=O. The van der Waals surface area contributed by atoms with E-state index in [0.29, 0.717) is 33.0 Å². The van der Waals surface area contributed by atoms with E-state index >= 15 is 0 Å². The Labute approximate surface area is 181 Å². The lowest BCUT2D eigenvalue weighted by Crippen LogP contribution is -2.34. The monoisotopic (exact) mass is 439 g/mol. The number of aryl methyl sites for hydroxylation is 1. The smallest absolute Gasteiger partial charge is 0.277 e. The molecule has 0 aliphatic rings. The Morgan fingerprint density at radius 2 is 1.87 bits per heavy atom. The molecular weight excluding hydrogens is 422 g/mol. The van der Waals surface area contributed by atoms with Crippen LogP contribution in [0.5, 0.6) is 0 Å². The Kier molecular flexibility index (Phi) is 5.52. The van der Waals surface area contributed by atoms with Gasteiger partial charge in [-0.05, 0) is 38.1 Å². The van der Waals surface area contributed by atoms with Gasteiger partial charge in [0.15, 0.2) is 0 Å². The van der Waals surface area contributed by atoms with Crippen molar-refractivity contribution in [1.82, 2.24) is 20.0 Å². The molecule has 2 aromatic carbocycles. The van der Waals surface area contributed by atoms with E-state index in [1.807, 2.05) is 25.1 Å². The molecule has 0 spiro atoms. The van der Waals surface area contributed by atoms with Crippen LogP contribution in [0.25, 0.3) is 21.5 Å². The summed E-state index contributed by atoms with van der Waals surface area (Å²) in [6.07, 6.45) is 0. The molecule has 7 nitrogen and oxygen atoms in total. The summed E-state index contributed by atoms with van der Waals surface area (Å²) in [5.74, 6) is -0.0788. The summed E-state index contributed by atoms with van der Waals surface area (Å²) in [5, 5.41) is 1.89. The number of para-hydroxylation sites is 1. The third-order valence-electron chi connectivity index (χ3n) is 4.56. The van der Waals surface area contributed by atoms with Crippen LogP contribution in [0, 0.1) is 6.92 Å². The van der Waals surface area contributed by atoms with E-state index in [1.54, 1.807) is 37.3 Å². The summed E-state index contributed by atoms with van der Waals surface area (Å²) >= 11 is 7.22. The molecule has 30 heavy (non-hydrogen) atoms. The van der Waals surface area contributed by atoms with Crippen LogP contribution >= 0.6 is 22.9 Å². The van der Waals surface area contributed by atoms with Gasteiger partial charge in [-0.3, -0.25) is 25.0 Å². The van der Waals surface area contributed by atoms with Crippen molar-refractivity contribution in [2.24, 2.45) is 0 Å². The molecule has 0 fully saturated rings. The predicted molar refractivity (Wildman–Crippen MR) is 120 cm³/mol. The molecule has 0 aliphatic heterocycles. The maximum atomic E-state index is 12.7. The minimum absolute atomic E-state index is 0.168. The van der Waals surface area contributed by atoms with Crippen molar-refractivity contribution >= 4 is 45.7 Å². The molecule has 0 saturated heterocycles. The summed E-state index contributed by atoms with van der Waals surface area (Å²) < 4.78 is 1.47. The number of carbonyl (C=O) groups is 1. The van der Waals surface area contributed by atoms with Crippen LogP contribution in [0.3, 0.4) is 0 Å². The lowest BCUT2D eigenvalue weighted by Gasteiger charge is -2.13. The van der Waals surface area contributed by atoms with E-state index in [4.69, 9.17) is 11.6 Å². The van der Waals surface area contributed by atoms with Crippen molar-refractivity contribution < 1.29 is 4.79 Å². The quantitative estimate of drug-likeness (QED) is 0.453. The van der Waals surface area contributed by atoms with Crippen molar-refractivity contribution in [3.63, 3.8) is 0 Å². The van der Waals surface area contributed by atoms with Gasteiger partial charge in [-0.2, -0.15) is 0 Å².